The van der Waals surface area contributed by atoms with Crippen molar-refractivity contribution in [2.75, 3.05) is 64.2 Å². The Kier molecular flexibility index (Phi) is 14.3. The lowest BCUT2D eigenvalue weighted by atomic mass is 9.81. The van der Waals surface area contributed by atoms with Gasteiger partial charge in [0.15, 0.2) is 5.82 Å². The number of β-amino-alcohol motifs (C(OH)–C–C–N with tert-alkyl or cyclic N) is 1. The molecule has 2 aromatic carbocycles. The minimum atomic E-state index is -0.878. The highest BCUT2D eigenvalue weighted by Gasteiger charge is 2.47. The maximum Gasteiger partial charge on any atom is 0.318 e. The van der Waals surface area contributed by atoms with Crippen LogP contribution in [0.15, 0.2) is 54.6 Å². The number of benzene rings is 2. The standard InChI is InChI=1S/C53H72N10O5/c1-6-35-11-13-36(14-12-35)31-54-50(66)45-29-40(64)33-63(45)51(67)48(53(3,4)5)56-52(68)61-27-25-59(26-28-61)32-37-15-17-38(18-16-37)60-22-19-39(20-23-60)62-24-21-43-47(34(62)2)42-30-44(57-58-49(42)55-43)41-9-7-8-10-46(41)65/h1,7-14,30,34,37-40,43,45,47-48,64-65H,15-29,31-33H2,2-5H3,(H,54,66)(H,55,58)(H,56,68)/t34-,37-,38+,40-,43?,45+,47?,48-/m1/s1. The molecular formula is C53H72N10O5. The molecule has 364 valence electrons. The number of carbonyl (C=O) groups excluding carboxylic acids is 3. The van der Waals surface area contributed by atoms with Gasteiger partial charge in [-0.15, -0.1) is 16.6 Å². The lowest BCUT2D eigenvalue weighted by Crippen LogP contribution is -2.61. The fourth-order valence-electron chi connectivity index (χ4n) is 12.3. The minimum Gasteiger partial charge on any atom is -0.507 e. The first-order chi connectivity index (χ1) is 32.7. The molecule has 1 saturated carbocycles. The molecule has 0 spiro atoms. The number of rotatable bonds is 10. The van der Waals surface area contributed by atoms with Gasteiger partial charge in [0.2, 0.25) is 11.8 Å². The van der Waals surface area contributed by atoms with Gasteiger partial charge in [0, 0.05) is 106 Å². The first-order valence-electron chi connectivity index (χ1n) is 25.3. The van der Waals surface area contributed by atoms with Crippen molar-refractivity contribution in [2.24, 2.45) is 11.3 Å². The molecule has 68 heavy (non-hydrogen) atoms. The van der Waals surface area contributed by atoms with Crippen LogP contribution in [0.3, 0.4) is 0 Å². The van der Waals surface area contributed by atoms with E-state index < -0.39 is 23.6 Å². The van der Waals surface area contributed by atoms with Crippen LogP contribution >= 0.6 is 0 Å². The zero-order chi connectivity index (χ0) is 47.7. The van der Waals surface area contributed by atoms with Gasteiger partial charge < -0.3 is 40.9 Å². The van der Waals surface area contributed by atoms with Crippen molar-refractivity contribution in [1.82, 2.24) is 45.3 Å². The van der Waals surface area contributed by atoms with Gasteiger partial charge in [-0.2, -0.15) is 0 Å². The van der Waals surface area contributed by atoms with Crippen LogP contribution in [0.2, 0.25) is 0 Å². The van der Waals surface area contributed by atoms with Crippen molar-refractivity contribution in [3.63, 3.8) is 0 Å². The molecule has 9 rings (SSSR count). The van der Waals surface area contributed by atoms with Gasteiger partial charge in [-0.05, 0) is 112 Å². The van der Waals surface area contributed by atoms with E-state index in [0.29, 0.717) is 49.1 Å². The summed E-state index contributed by atoms with van der Waals surface area (Å²) in [5.41, 5.74) is 3.66. The molecule has 15 heteroatoms. The number of urea groups is 1. The third-order valence-corrected chi connectivity index (χ3v) is 16.2. The third kappa shape index (κ3) is 10.3. The summed E-state index contributed by atoms with van der Waals surface area (Å²) in [7, 11) is 0. The second kappa shape index (κ2) is 20.4. The van der Waals surface area contributed by atoms with Crippen molar-refractivity contribution < 1.29 is 24.6 Å². The molecule has 0 radical (unpaired) electrons. The number of terminal acetylenes is 1. The maximum atomic E-state index is 14.2. The van der Waals surface area contributed by atoms with E-state index in [4.69, 9.17) is 6.42 Å². The highest BCUT2D eigenvalue weighted by Crippen LogP contribution is 2.45. The highest BCUT2D eigenvalue weighted by molar-refractivity contribution is 5.93. The number of nitrogens with zero attached hydrogens (tertiary/aromatic N) is 7. The van der Waals surface area contributed by atoms with Gasteiger partial charge in [0.1, 0.15) is 17.8 Å². The van der Waals surface area contributed by atoms with E-state index in [-0.39, 0.29) is 43.1 Å². The first kappa shape index (κ1) is 47.8. The Labute approximate surface area is 402 Å². The number of amides is 4. The van der Waals surface area contributed by atoms with Gasteiger partial charge in [0.25, 0.3) is 0 Å². The number of likely N-dealkylation sites (tertiary alicyclic amines) is 3. The Morgan fingerprint density at radius 2 is 1.62 bits per heavy atom. The molecule has 0 bridgehead atoms. The van der Waals surface area contributed by atoms with Gasteiger partial charge in [-0.3, -0.25) is 19.4 Å². The van der Waals surface area contributed by atoms with Crippen molar-refractivity contribution in [2.45, 2.75) is 134 Å². The topological polar surface area (TPSA) is 170 Å². The van der Waals surface area contributed by atoms with E-state index in [1.807, 2.05) is 68.1 Å². The van der Waals surface area contributed by atoms with E-state index in [9.17, 15) is 24.6 Å². The van der Waals surface area contributed by atoms with Crippen LogP contribution in [0.4, 0.5) is 10.6 Å². The number of phenols is 1. The van der Waals surface area contributed by atoms with Crippen LogP contribution in [-0.4, -0.2) is 164 Å². The number of piperazine rings is 1. The molecule has 4 saturated heterocycles. The second-order valence-electron chi connectivity index (χ2n) is 21.5. The predicted octanol–water partition coefficient (Wildman–Crippen LogP) is 4.85. The number of para-hydroxylation sites is 1. The number of piperidine rings is 2. The molecule has 4 amide bonds. The molecule has 6 atom stereocenters. The van der Waals surface area contributed by atoms with Crippen LogP contribution in [0.1, 0.15) is 102 Å². The Balaban J connectivity index is 0.705. The Morgan fingerprint density at radius 3 is 2.31 bits per heavy atom. The van der Waals surface area contributed by atoms with Crippen LogP contribution < -0.4 is 16.0 Å². The van der Waals surface area contributed by atoms with E-state index in [1.54, 1.807) is 6.07 Å². The first-order valence-corrected chi connectivity index (χ1v) is 25.3. The maximum absolute atomic E-state index is 14.2. The molecule has 1 aliphatic carbocycles. The molecule has 5 fully saturated rings. The van der Waals surface area contributed by atoms with Crippen molar-refractivity contribution in [1.29, 1.82) is 0 Å². The summed E-state index contributed by atoms with van der Waals surface area (Å²) in [6.07, 6.45) is 13.2. The van der Waals surface area contributed by atoms with Gasteiger partial charge in [0.05, 0.1) is 11.8 Å². The lowest BCUT2D eigenvalue weighted by molar-refractivity contribution is -0.142. The number of fused-ring (bicyclic) bond motifs is 3. The van der Waals surface area contributed by atoms with Gasteiger partial charge in [-0.1, -0.05) is 51.0 Å². The number of carbonyl (C=O) groups is 3. The van der Waals surface area contributed by atoms with E-state index in [0.717, 1.165) is 73.9 Å². The van der Waals surface area contributed by atoms with Crippen molar-refractivity contribution in [3.8, 4) is 29.4 Å². The quantitative estimate of drug-likeness (QED) is 0.177. The predicted molar refractivity (Wildman–Crippen MR) is 263 cm³/mol. The zero-order valence-corrected chi connectivity index (χ0v) is 40.4. The van der Waals surface area contributed by atoms with E-state index >= 15 is 0 Å². The Hall–Kier alpha value is -5.27. The number of hydrogen-bond acceptors (Lipinski definition) is 11. The van der Waals surface area contributed by atoms with E-state index in [2.05, 4.69) is 59.8 Å². The molecule has 6 aliphatic rings. The van der Waals surface area contributed by atoms with Crippen molar-refractivity contribution in [3.05, 3.63) is 71.3 Å². The summed E-state index contributed by atoms with van der Waals surface area (Å²) in [5, 5.41) is 39.9. The summed E-state index contributed by atoms with van der Waals surface area (Å²) in [6.45, 7) is 15.7. The molecule has 1 aromatic heterocycles. The monoisotopic (exact) mass is 929 g/mol. The molecule has 6 heterocycles. The van der Waals surface area contributed by atoms with Crippen LogP contribution in [0, 0.1) is 23.7 Å². The highest BCUT2D eigenvalue weighted by atomic mass is 16.3. The number of anilines is 1. The van der Waals surface area contributed by atoms with Crippen molar-refractivity contribution >= 4 is 23.7 Å². The molecule has 5 N–H and O–H groups in total. The summed E-state index contributed by atoms with van der Waals surface area (Å²) >= 11 is 0. The second-order valence-corrected chi connectivity index (χ2v) is 21.5. The summed E-state index contributed by atoms with van der Waals surface area (Å²) in [6, 6.07) is 16.8. The normalized spacial score (nSPS) is 27.7. The fraction of sp³-hybridized carbons (Fsp3) is 0.604. The number of aliphatic hydroxyl groups is 1. The summed E-state index contributed by atoms with van der Waals surface area (Å²) in [4.78, 5) is 52.7. The number of hydrogen-bond donors (Lipinski definition) is 5. The third-order valence-electron chi connectivity index (χ3n) is 16.2. The van der Waals surface area contributed by atoms with Crippen LogP contribution in [0.5, 0.6) is 5.75 Å². The largest absolute Gasteiger partial charge is 0.507 e. The fourth-order valence-corrected chi connectivity index (χ4v) is 12.3. The number of nitrogens with one attached hydrogen (secondary N) is 3. The van der Waals surface area contributed by atoms with Gasteiger partial charge in [-0.25, -0.2) is 4.79 Å². The number of aromatic nitrogens is 2. The minimum absolute atomic E-state index is 0.0328. The van der Waals surface area contributed by atoms with Gasteiger partial charge >= 0.3 is 6.03 Å². The zero-order valence-electron chi connectivity index (χ0n) is 40.4. The summed E-state index contributed by atoms with van der Waals surface area (Å²) < 4.78 is 0. The molecule has 15 nitrogen and oxygen atoms in total. The average molecular weight is 929 g/mol. The molecule has 3 aromatic rings. The number of aromatic hydroxyl groups is 1. The Morgan fingerprint density at radius 1 is 0.897 bits per heavy atom. The number of phenolic OH excluding ortho intramolecular Hbond substituents is 1. The summed E-state index contributed by atoms with van der Waals surface area (Å²) in [5.74, 6) is 4.00. The Bertz CT molecular complexity index is 2310. The number of aliphatic hydroxyl groups excluding tert-OH is 1. The molecule has 2 unspecified atom stereocenters. The molecule has 5 aliphatic heterocycles. The van der Waals surface area contributed by atoms with Crippen LogP contribution in [0.25, 0.3) is 11.3 Å². The smallest absolute Gasteiger partial charge is 0.318 e. The SMILES string of the molecule is C#Cc1ccc(CNC(=O)[C@@H]2C[C@@H](O)CN2C(=O)[C@@H](NC(=O)N2CCN(C[C@H]3CC[C@@H](N4CCC(N5CCC6Nc7nnc(-c8ccccc8O)cc7C6[C@H]5C)CC4)CC3)CC2)C(C)(C)C)cc1. The average Bonchev–Trinajstić information content (AvgIpc) is 3.93. The van der Waals surface area contributed by atoms with E-state index in [1.165, 1.54) is 49.0 Å². The van der Waals surface area contributed by atoms with Crippen LogP contribution in [-0.2, 0) is 16.1 Å². The lowest BCUT2D eigenvalue weighted by Gasteiger charge is -2.49. The molecular weight excluding hydrogens is 857 g/mol.